The van der Waals surface area contributed by atoms with E-state index in [2.05, 4.69) is 15.5 Å². The number of hydrogen-bond donors (Lipinski definition) is 2. The number of amides is 1. The second-order valence-corrected chi connectivity index (χ2v) is 6.00. The van der Waals surface area contributed by atoms with E-state index in [4.69, 9.17) is 4.42 Å². The number of nitrogens with zero attached hydrogens (tertiary/aromatic N) is 3. The fourth-order valence-corrected chi connectivity index (χ4v) is 2.82. The Balaban J connectivity index is 1.58. The van der Waals surface area contributed by atoms with Crippen molar-refractivity contribution in [3.63, 3.8) is 0 Å². The average Bonchev–Trinajstić information content (AvgIpc) is 3.22. The summed E-state index contributed by atoms with van der Waals surface area (Å²) in [5.74, 6) is 1.71. The van der Waals surface area contributed by atoms with Crippen LogP contribution in [0.4, 0.5) is 0 Å². The second kappa shape index (κ2) is 7.22. The van der Waals surface area contributed by atoms with Gasteiger partial charge in [-0.3, -0.25) is 4.79 Å². The van der Waals surface area contributed by atoms with Crippen LogP contribution < -0.4 is 5.32 Å². The monoisotopic (exact) mass is 344 g/mol. The van der Waals surface area contributed by atoms with Crippen molar-refractivity contribution >= 4 is 17.7 Å². The van der Waals surface area contributed by atoms with E-state index < -0.39 is 0 Å². The van der Waals surface area contributed by atoms with Crippen LogP contribution in [-0.4, -0.2) is 31.5 Å². The summed E-state index contributed by atoms with van der Waals surface area (Å²) < 4.78 is 6.98. The fourth-order valence-electron chi connectivity index (χ4n) is 2.08. The molecule has 2 heterocycles. The number of phenols is 1. The summed E-state index contributed by atoms with van der Waals surface area (Å²) in [4.78, 5) is 11.9. The Bertz CT molecular complexity index is 812. The average molecular weight is 344 g/mol. The maximum Gasteiger partial charge on any atom is 0.230 e. The molecule has 3 aromatic rings. The number of furan rings is 1. The number of thioether (sulfide) groups is 1. The van der Waals surface area contributed by atoms with Gasteiger partial charge in [-0.2, -0.15) is 0 Å². The molecule has 1 aromatic carbocycles. The van der Waals surface area contributed by atoms with Crippen LogP contribution in [0.25, 0.3) is 11.4 Å². The van der Waals surface area contributed by atoms with Gasteiger partial charge >= 0.3 is 0 Å². The van der Waals surface area contributed by atoms with Crippen molar-refractivity contribution in [3.8, 4) is 17.1 Å². The Hall–Kier alpha value is -2.74. The van der Waals surface area contributed by atoms with E-state index in [1.165, 1.54) is 11.8 Å². The summed E-state index contributed by atoms with van der Waals surface area (Å²) >= 11 is 1.31. The molecule has 7 nitrogen and oxygen atoms in total. The maximum absolute atomic E-state index is 11.9. The number of aromatic nitrogens is 3. The number of benzene rings is 1. The van der Waals surface area contributed by atoms with Crippen molar-refractivity contribution in [3.05, 3.63) is 48.4 Å². The minimum absolute atomic E-state index is 0.106. The van der Waals surface area contributed by atoms with Gasteiger partial charge in [0.05, 0.1) is 18.6 Å². The summed E-state index contributed by atoms with van der Waals surface area (Å²) in [6, 6.07) is 10.3. The molecule has 0 radical (unpaired) electrons. The quantitative estimate of drug-likeness (QED) is 0.666. The zero-order chi connectivity index (χ0) is 16.9. The van der Waals surface area contributed by atoms with Gasteiger partial charge in [0, 0.05) is 12.6 Å². The molecule has 0 aliphatic heterocycles. The minimum Gasteiger partial charge on any atom is -0.508 e. The molecule has 0 saturated heterocycles. The van der Waals surface area contributed by atoms with E-state index in [1.807, 2.05) is 11.6 Å². The lowest BCUT2D eigenvalue weighted by molar-refractivity contribution is -0.118. The fraction of sp³-hybridized carbons (Fsp3) is 0.188. The molecule has 0 fully saturated rings. The van der Waals surface area contributed by atoms with Crippen molar-refractivity contribution in [2.75, 3.05) is 5.75 Å². The number of carbonyl (C=O) groups is 1. The van der Waals surface area contributed by atoms with Crippen LogP contribution in [-0.2, 0) is 18.4 Å². The van der Waals surface area contributed by atoms with Crippen LogP contribution in [0.5, 0.6) is 5.75 Å². The first kappa shape index (κ1) is 16.1. The Morgan fingerprint density at radius 3 is 2.79 bits per heavy atom. The molecule has 2 N–H and O–H groups in total. The number of hydrogen-bond acceptors (Lipinski definition) is 6. The Morgan fingerprint density at radius 2 is 2.08 bits per heavy atom. The lowest BCUT2D eigenvalue weighted by atomic mass is 10.2. The van der Waals surface area contributed by atoms with Gasteiger partial charge in [0.15, 0.2) is 11.0 Å². The normalized spacial score (nSPS) is 10.7. The molecule has 0 spiro atoms. The predicted octanol–water partition coefficient (Wildman–Crippen LogP) is 2.19. The molecular formula is C16H16N4O3S. The standard InChI is InChI=1S/C16H16N4O3S/c1-20-15(11-4-6-12(21)7-5-11)18-19-16(20)24-10-14(22)17-9-13-3-2-8-23-13/h2-8,21H,9-10H2,1H3,(H,17,22). The van der Waals surface area contributed by atoms with Crippen molar-refractivity contribution in [2.24, 2.45) is 7.05 Å². The number of rotatable bonds is 6. The van der Waals surface area contributed by atoms with Gasteiger partial charge in [0.1, 0.15) is 11.5 Å². The molecule has 24 heavy (non-hydrogen) atoms. The molecular weight excluding hydrogens is 328 g/mol. The van der Waals surface area contributed by atoms with E-state index in [9.17, 15) is 9.90 Å². The van der Waals surface area contributed by atoms with Crippen molar-refractivity contribution in [1.82, 2.24) is 20.1 Å². The molecule has 0 aliphatic carbocycles. The Kier molecular flexibility index (Phi) is 4.85. The van der Waals surface area contributed by atoms with Gasteiger partial charge in [0.25, 0.3) is 0 Å². The highest BCUT2D eigenvalue weighted by Gasteiger charge is 2.13. The van der Waals surface area contributed by atoms with Crippen LogP contribution >= 0.6 is 11.8 Å². The Labute approximate surface area is 142 Å². The van der Waals surface area contributed by atoms with Gasteiger partial charge < -0.3 is 19.4 Å². The first-order valence-corrected chi connectivity index (χ1v) is 8.22. The van der Waals surface area contributed by atoms with Gasteiger partial charge in [-0.15, -0.1) is 10.2 Å². The van der Waals surface area contributed by atoms with Crippen LogP contribution in [0.15, 0.2) is 52.2 Å². The topological polar surface area (TPSA) is 93.2 Å². The zero-order valence-electron chi connectivity index (χ0n) is 13.0. The molecule has 8 heteroatoms. The number of nitrogens with one attached hydrogen (secondary N) is 1. The van der Waals surface area contributed by atoms with Crippen LogP contribution in [0.2, 0.25) is 0 Å². The molecule has 0 saturated carbocycles. The van der Waals surface area contributed by atoms with Gasteiger partial charge in [-0.05, 0) is 36.4 Å². The second-order valence-electron chi connectivity index (χ2n) is 5.06. The third kappa shape index (κ3) is 3.77. The van der Waals surface area contributed by atoms with E-state index in [-0.39, 0.29) is 17.4 Å². The third-order valence-corrected chi connectivity index (χ3v) is 4.35. The van der Waals surface area contributed by atoms with E-state index >= 15 is 0 Å². The molecule has 2 aromatic heterocycles. The number of phenolic OH excluding ortho intramolecular Hbond substituents is 1. The van der Waals surface area contributed by atoms with Crippen LogP contribution in [0, 0.1) is 0 Å². The third-order valence-electron chi connectivity index (χ3n) is 3.33. The van der Waals surface area contributed by atoms with Gasteiger partial charge in [-0.25, -0.2) is 0 Å². The molecule has 1 amide bonds. The van der Waals surface area contributed by atoms with Crippen LogP contribution in [0.3, 0.4) is 0 Å². The first-order chi connectivity index (χ1) is 11.6. The lowest BCUT2D eigenvalue weighted by Gasteiger charge is -2.05. The van der Waals surface area contributed by atoms with Crippen molar-refractivity contribution in [1.29, 1.82) is 0 Å². The predicted molar refractivity (Wildman–Crippen MR) is 89.4 cm³/mol. The van der Waals surface area contributed by atoms with Crippen molar-refractivity contribution in [2.45, 2.75) is 11.7 Å². The lowest BCUT2D eigenvalue weighted by Crippen LogP contribution is -2.24. The minimum atomic E-state index is -0.106. The molecule has 0 aliphatic rings. The zero-order valence-corrected chi connectivity index (χ0v) is 13.8. The summed E-state index contributed by atoms with van der Waals surface area (Å²) in [5.41, 5.74) is 0.844. The smallest absolute Gasteiger partial charge is 0.230 e. The molecule has 0 bridgehead atoms. The van der Waals surface area contributed by atoms with Gasteiger partial charge in [0.2, 0.25) is 5.91 Å². The summed E-state index contributed by atoms with van der Waals surface area (Å²) in [6.45, 7) is 0.365. The van der Waals surface area contributed by atoms with E-state index in [0.717, 1.165) is 5.56 Å². The summed E-state index contributed by atoms with van der Waals surface area (Å²) in [7, 11) is 1.84. The summed E-state index contributed by atoms with van der Waals surface area (Å²) in [5, 5.41) is 21.0. The Morgan fingerprint density at radius 1 is 1.29 bits per heavy atom. The molecule has 124 valence electrons. The van der Waals surface area contributed by atoms with Gasteiger partial charge in [-0.1, -0.05) is 11.8 Å². The molecule has 3 rings (SSSR count). The number of carbonyl (C=O) groups excluding carboxylic acids is 1. The maximum atomic E-state index is 11.9. The molecule has 0 atom stereocenters. The van der Waals surface area contributed by atoms with Crippen molar-refractivity contribution < 1.29 is 14.3 Å². The van der Waals surface area contributed by atoms with E-state index in [0.29, 0.717) is 23.3 Å². The summed E-state index contributed by atoms with van der Waals surface area (Å²) in [6.07, 6.45) is 1.57. The SMILES string of the molecule is Cn1c(SCC(=O)NCc2ccco2)nnc1-c1ccc(O)cc1. The highest BCUT2D eigenvalue weighted by atomic mass is 32.2. The first-order valence-electron chi connectivity index (χ1n) is 7.24. The van der Waals surface area contributed by atoms with Crippen LogP contribution in [0.1, 0.15) is 5.76 Å². The highest BCUT2D eigenvalue weighted by molar-refractivity contribution is 7.99. The number of aromatic hydroxyl groups is 1. The van der Waals surface area contributed by atoms with E-state index in [1.54, 1.807) is 42.7 Å². The molecule has 0 unspecified atom stereocenters. The largest absolute Gasteiger partial charge is 0.508 e. The highest BCUT2D eigenvalue weighted by Crippen LogP contribution is 2.23.